The van der Waals surface area contributed by atoms with E-state index in [9.17, 15) is 4.48 Å². The molecule has 1 N–H and O–H groups in total. The molecule has 0 bridgehead atoms. The van der Waals surface area contributed by atoms with Crippen LogP contribution in [0.2, 0.25) is 0 Å². The molecule has 0 fully saturated rings. The lowest BCUT2D eigenvalue weighted by molar-refractivity contribution is 0.541. The maximum absolute atomic E-state index is 10.0. The van der Waals surface area contributed by atoms with Gasteiger partial charge in [-0.25, -0.2) is 5.41 Å². The minimum Gasteiger partial charge on any atom is -0.239 e. The average Bonchev–Trinajstić information content (AvgIpc) is 1.37. The van der Waals surface area contributed by atoms with Crippen molar-refractivity contribution in [1.82, 2.24) is 0 Å². The number of hydrogen-bond acceptors (Lipinski definition) is 2. The monoisotopic (exact) mass is 60.0 g/mol. The minimum atomic E-state index is 1.14. The molecule has 0 aromatic rings. The van der Waals surface area contributed by atoms with E-state index in [0.29, 0.717) is 0 Å². The van der Waals surface area contributed by atoms with Gasteiger partial charge in [0.05, 0.1) is 0 Å². The fourth-order valence-electron chi connectivity index (χ4n) is 0. The zero-order valence-corrected chi connectivity index (χ0v) is 1.83. The van der Waals surface area contributed by atoms with Crippen molar-refractivity contribution in [3.8, 4) is 0 Å². The van der Waals surface area contributed by atoms with E-state index in [2.05, 4.69) is 0 Å². The van der Waals surface area contributed by atoms with Crippen molar-refractivity contribution in [2.75, 3.05) is 0 Å². The standard InChI is InChI=1S/CHFN2/c2-4-1-3/h3H. The SMILES string of the molecule is N=C=NF. The van der Waals surface area contributed by atoms with Gasteiger partial charge in [-0.3, -0.25) is 0 Å². The van der Waals surface area contributed by atoms with Gasteiger partial charge in [0.1, 0.15) is 6.01 Å². The van der Waals surface area contributed by atoms with Gasteiger partial charge >= 0.3 is 0 Å². The van der Waals surface area contributed by atoms with E-state index in [4.69, 9.17) is 5.41 Å². The minimum absolute atomic E-state index is 1.14. The first-order valence-electron chi connectivity index (χ1n) is 0.643. The van der Waals surface area contributed by atoms with Gasteiger partial charge in [-0.05, 0) is 5.21 Å². The molecule has 4 heavy (non-hydrogen) atoms. The first-order valence-corrected chi connectivity index (χ1v) is 0.643. The van der Waals surface area contributed by atoms with Crippen molar-refractivity contribution in [2.24, 2.45) is 5.21 Å². The number of hydrogen-bond donors (Lipinski definition) is 1. The smallest absolute Gasteiger partial charge is 0.125 e. The molecule has 2 nitrogen and oxygen atoms in total. The Bertz CT molecular complexity index is 44.0. The van der Waals surface area contributed by atoms with Gasteiger partial charge in [0.25, 0.3) is 0 Å². The zero-order chi connectivity index (χ0) is 3.41. The lowest BCUT2D eigenvalue weighted by atomic mass is 11.6. The summed E-state index contributed by atoms with van der Waals surface area (Å²) < 4.78 is 10.0. The van der Waals surface area contributed by atoms with E-state index in [1.807, 2.05) is 0 Å². The van der Waals surface area contributed by atoms with Crippen molar-refractivity contribution in [2.45, 2.75) is 0 Å². The molecule has 22 valence electrons. The Morgan fingerprint density at radius 3 is 2.25 bits per heavy atom. The highest BCUT2D eigenvalue weighted by Crippen LogP contribution is 1.48. The summed E-state index contributed by atoms with van der Waals surface area (Å²) in [6.45, 7) is 0. The molecule has 0 saturated heterocycles. The molecule has 3 heteroatoms. The first-order chi connectivity index (χ1) is 1.91. The molecule has 0 aliphatic heterocycles. The topological polar surface area (TPSA) is 36.2 Å². The van der Waals surface area contributed by atoms with Crippen LogP contribution in [-0.2, 0) is 0 Å². The Balaban J connectivity index is 3.11. The highest BCUT2D eigenvalue weighted by atomic mass is 19.2. The Hall–Kier alpha value is -0.690. The van der Waals surface area contributed by atoms with Crippen LogP contribution in [0.25, 0.3) is 0 Å². The highest BCUT2D eigenvalue weighted by Gasteiger charge is 1.30. The van der Waals surface area contributed by atoms with E-state index < -0.39 is 0 Å². The van der Waals surface area contributed by atoms with E-state index in [0.717, 1.165) is 6.01 Å². The molecule has 0 spiro atoms. The molecular formula is CHFN2. The third-order valence-electron chi connectivity index (χ3n) is 0.0423. The van der Waals surface area contributed by atoms with Gasteiger partial charge in [-0.1, -0.05) is 4.48 Å². The summed E-state index contributed by atoms with van der Waals surface area (Å²) in [4.78, 5) is 0. The molecular weight excluding hydrogens is 59.0 g/mol. The molecule has 0 aliphatic rings. The maximum atomic E-state index is 10.0. The predicted octanol–water partition coefficient (Wildman–Crippen LogP) is 0.624. The van der Waals surface area contributed by atoms with Gasteiger partial charge in [-0.15, -0.1) is 0 Å². The second kappa shape index (κ2) is 2.31. The van der Waals surface area contributed by atoms with E-state index in [1.165, 1.54) is 0 Å². The third kappa shape index (κ3) is 1.31. The number of halogens is 1. The summed E-state index contributed by atoms with van der Waals surface area (Å²) >= 11 is 0. The lowest BCUT2D eigenvalue weighted by Gasteiger charge is -1.32. The second-order valence-electron chi connectivity index (χ2n) is 0.196. The van der Waals surface area contributed by atoms with Crippen LogP contribution in [0.3, 0.4) is 0 Å². The van der Waals surface area contributed by atoms with Crippen LogP contribution in [-0.4, -0.2) is 6.01 Å². The Morgan fingerprint density at radius 1 is 2.00 bits per heavy atom. The molecule has 0 amide bonds. The Kier molecular flexibility index (Phi) is 1.91. The van der Waals surface area contributed by atoms with Gasteiger partial charge in [0, 0.05) is 0 Å². The summed E-state index contributed by atoms with van der Waals surface area (Å²) in [5, 5.41) is 7.31. The van der Waals surface area contributed by atoms with Crippen LogP contribution >= 0.6 is 0 Å². The first kappa shape index (κ1) is 3.31. The molecule has 0 radical (unpaired) electrons. The van der Waals surface area contributed by atoms with Gasteiger partial charge in [0.15, 0.2) is 0 Å². The van der Waals surface area contributed by atoms with Crippen LogP contribution in [0.1, 0.15) is 0 Å². The molecule has 0 rings (SSSR count). The zero-order valence-electron chi connectivity index (χ0n) is 1.83. The molecule has 0 aromatic heterocycles. The van der Waals surface area contributed by atoms with Crippen molar-refractivity contribution < 1.29 is 4.48 Å². The summed E-state index contributed by atoms with van der Waals surface area (Å²) in [6, 6.07) is 1.14. The summed E-state index contributed by atoms with van der Waals surface area (Å²) in [5.74, 6) is 0. The molecule has 0 unspecified atom stereocenters. The molecule has 0 saturated carbocycles. The third-order valence-corrected chi connectivity index (χ3v) is 0.0423. The van der Waals surface area contributed by atoms with Crippen LogP contribution < -0.4 is 0 Å². The normalized spacial score (nSPS) is 4.25. The number of nitrogens with zero attached hydrogens (tertiary/aromatic N) is 1. The number of nitrogens with one attached hydrogen (secondary N) is 1. The molecule has 0 aromatic carbocycles. The molecule has 0 aliphatic carbocycles. The van der Waals surface area contributed by atoms with Gasteiger partial charge in [-0.2, -0.15) is 0 Å². The van der Waals surface area contributed by atoms with Crippen molar-refractivity contribution in [3.05, 3.63) is 0 Å². The lowest BCUT2D eigenvalue weighted by Crippen LogP contribution is -1.25. The van der Waals surface area contributed by atoms with Crippen LogP contribution in [0, 0.1) is 5.41 Å². The molecule has 0 atom stereocenters. The van der Waals surface area contributed by atoms with Gasteiger partial charge in [0.2, 0.25) is 0 Å². The van der Waals surface area contributed by atoms with Gasteiger partial charge < -0.3 is 0 Å². The summed E-state index contributed by atoms with van der Waals surface area (Å²) in [5.41, 5.74) is 0. The van der Waals surface area contributed by atoms with Crippen LogP contribution in [0.5, 0.6) is 0 Å². The van der Waals surface area contributed by atoms with Crippen molar-refractivity contribution >= 4 is 6.01 Å². The second-order valence-corrected chi connectivity index (χ2v) is 0.196. The highest BCUT2D eigenvalue weighted by molar-refractivity contribution is 5.33. The van der Waals surface area contributed by atoms with Crippen LogP contribution in [0.4, 0.5) is 4.48 Å². The summed E-state index contributed by atoms with van der Waals surface area (Å²) in [6.07, 6.45) is 0. The van der Waals surface area contributed by atoms with Crippen molar-refractivity contribution in [1.29, 1.82) is 5.41 Å². The maximum Gasteiger partial charge on any atom is 0.125 e. The van der Waals surface area contributed by atoms with E-state index in [-0.39, 0.29) is 0 Å². The predicted molar refractivity (Wildman–Crippen MR) is 11.3 cm³/mol. The quantitative estimate of drug-likeness (QED) is 0.398. The Morgan fingerprint density at radius 2 is 2.25 bits per heavy atom. The van der Waals surface area contributed by atoms with E-state index in [1.54, 1.807) is 5.21 Å². The van der Waals surface area contributed by atoms with E-state index >= 15 is 0 Å². The fraction of sp³-hybridized carbons (Fsp3) is 0. The summed E-state index contributed by atoms with van der Waals surface area (Å²) in [7, 11) is 0. The van der Waals surface area contributed by atoms with Crippen LogP contribution in [0.15, 0.2) is 5.21 Å². The largest absolute Gasteiger partial charge is 0.239 e. The number of rotatable bonds is 0. The fourth-order valence-corrected chi connectivity index (χ4v) is 0. The molecule has 0 heterocycles. The Labute approximate surface area is 22.4 Å². The van der Waals surface area contributed by atoms with Crippen molar-refractivity contribution in [3.63, 3.8) is 0 Å². The average molecular weight is 60.0 g/mol.